The Hall–Kier alpha value is -5.19. The molecule has 4 aromatic carbocycles. The molecular weight excluding hydrogens is 644 g/mol. The third-order valence-electron chi connectivity index (χ3n) is 9.17. The van der Waals surface area contributed by atoms with Crippen molar-refractivity contribution in [3.8, 4) is 11.1 Å². The molecule has 5 rings (SSSR count). The number of fused-ring (bicyclic) bond motifs is 3. The third kappa shape index (κ3) is 9.96. The van der Waals surface area contributed by atoms with Crippen LogP contribution < -0.4 is 5.32 Å². The van der Waals surface area contributed by atoms with Gasteiger partial charge in [-0.3, -0.25) is 9.69 Å². The van der Waals surface area contributed by atoms with Crippen molar-refractivity contribution in [3.63, 3.8) is 0 Å². The summed E-state index contributed by atoms with van der Waals surface area (Å²) in [5, 5.41) is 16.0. The van der Waals surface area contributed by atoms with Crippen molar-refractivity contribution in [3.05, 3.63) is 131 Å². The lowest BCUT2D eigenvalue weighted by molar-refractivity contribution is -0.122. The van der Waals surface area contributed by atoms with E-state index in [1.54, 1.807) is 0 Å². The molecule has 1 atom stereocenters. The minimum Gasteiger partial charge on any atom is -0.464 e. The summed E-state index contributed by atoms with van der Waals surface area (Å²) < 4.78 is 10.9. The van der Waals surface area contributed by atoms with Gasteiger partial charge in [-0.15, -0.1) is 0 Å². The highest BCUT2D eigenvalue weighted by Crippen LogP contribution is 2.47. The second-order valence-corrected chi connectivity index (χ2v) is 12.8. The number of hydrogen-bond acceptors (Lipinski definition) is 6. The van der Waals surface area contributed by atoms with Crippen molar-refractivity contribution in [1.29, 1.82) is 0 Å². The molecule has 10 heteroatoms. The van der Waals surface area contributed by atoms with Crippen molar-refractivity contribution in [1.82, 2.24) is 20.2 Å². The topological polar surface area (TPSA) is 112 Å². The summed E-state index contributed by atoms with van der Waals surface area (Å²) in [6, 6.07) is 34.4. The molecule has 1 aliphatic carbocycles. The van der Waals surface area contributed by atoms with Crippen LogP contribution in [0.4, 0.5) is 9.59 Å². The van der Waals surface area contributed by atoms with E-state index in [0.717, 1.165) is 57.8 Å². The number of nitrogens with zero attached hydrogens (tertiary/aromatic N) is 3. The van der Waals surface area contributed by atoms with Crippen LogP contribution in [0.5, 0.6) is 0 Å². The summed E-state index contributed by atoms with van der Waals surface area (Å²) >= 11 is 0. The fraction of sp³-hybridized carbons (Fsp3) is 0.341. The number of nitrogens with one attached hydrogen (secondary N) is 1. The largest absolute Gasteiger partial charge is 0.464 e. The smallest absolute Gasteiger partial charge is 0.429 e. The number of carboxylic acid groups (broad SMARTS) is 1. The van der Waals surface area contributed by atoms with Gasteiger partial charge >= 0.3 is 12.2 Å². The lowest BCUT2D eigenvalue weighted by Gasteiger charge is -2.40. The molecule has 1 aliphatic rings. The van der Waals surface area contributed by atoms with E-state index >= 15 is 0 Å². The van der Waals surface area contributed by atoms with Gasteiger partial charge in [0.1, 0.15) is 6.04 Å². The van der Waals surface area contributed by atoms with Gasteiger partial charge in [-0.05, 0) is 66.1 Å². The minimum atomic E-state index is -1.23. The Balaban J connectivity index is 1.19. The lowest BCUT2D eigenvalue weighted by Crippen LogP contribution is -2.55. The van der Waals surface area contributed by atoms with E-state index in [-0.39, 0.29) is 5.91 Å². The maximum absolute atomic E-state index is 13.5. The van der Waals surface area contributed by atoms with Gasteiger partial charge in [-0.25, -0.2) is 19.6 Å². The van der Waals surface area contributed by atoms with Crippen LogP contribution in [0, 0.1) is 0 Å². The highest BCUT2D eigenvalue weighted by molar-refractivity contribution is 5.82. The molecule has 4 aromatic rings. The fourth-order valence-electron chi connectivity index (χ4n) is 6.61. The number of amides is 3. The van der Waals surface area contributed by atoms with Gasteiger partial charge in [-0.1, -0.05) is 109 Å². The molecule has 0 radical (unpaired) electrons. The van der Waals surface area contributed by atoms with Crippen molar-refractivity contribution < 1.29 is 29.0 Å². The van der Waals surface area contributed by atoms with Crippen LogP contribution in [0.2, 0.25) is 0 Å². The standard InChI is InChI=1S/C41H48N4O6/c1-31(44(40(47)48)45(41(49)50-2)39-36-21-11-9-19-34(36)35-20-10-12-22-37(35)39)23-27-43(29-32-15-5-3-6-16-32)26-14-13-25-42-38(46)24-28-51-30-33-17-7-4-8-18-33/h3-12,15-22,31,39H,13-14,23-30H2,1-2H3,(H,42,46)(H,47,48)/t31-/m1/s1. The van der Waals surface area contributed by atoms with Gasteiger partial charge in [0.2, 0.25) is 5.91 Å². The number of methoxy groups -OCH3 is 1. The molecule has 0 spiro atoms. The fourth-order valence-corrected chi connectivity index (χ4v) is 6.61. The minimum absolute atomic E-state index is 0.0329. The highest BCUT2D eigenvalue weighted by Gasteiger charge is 2.42. The molecular formula is C41H48N4O6. The van der Waals surface area contributed by atoms with Crippen LogP contribution in [0.3, 0.4) is 0 Å². The average molecular weight is 693 g/mol. The van der Waals surface area contributed by atoms with E-state index in [1.807, 2.05) is 104 Å². The summed E-state index contributed by atoms with van der Waals surface area (Å²) in [5.74, 6) is -0.0329. The van der Waals surface area contributed by atoms with E-state index < -0.39 is 24.3 Å². The molecule has 3 amide bonds. The Labute approximate surface area is 300 Å². The second kappa shape index (κ2) is 18.7. The molecule has 51 heavy (non-hydrogen) atoms. The summed E-state index contributed by atoms with van der Waals surface area (Å²) in [6.45, 7) is 5.29. The number of ether oxygens (including phenoxy) is 2. The van der Waals surface area contributed by atoms with Crippen molar-refractivity contribution in [2.45, 2.75) is 57.8 Å². The molecule has 268 valence electrons. The van der Waals surface area contributed by atoms with Crippen molar-refractivity contribution in [2.75, 3.05) is 33.4 Å². The molecule has 0 fully saturated rings. The summed E-state index contributed by atoms with van der Waals surface area (Å²) in [6.07, 6.45) is 0.458. The zero-order valence-electron chi connectivity index (χ0n) is 29.4. The zero-order valence-corrected chi connectivity index (χ0v) is 29.4. The number of hydrazine groups is 1. The Morgan fingerprint density at radius 3 is 1.98 bits per heavy atom. The molecule has 0 unspecified atom stereocenters. The summed E-state index contributed by atoms with van der Waals surface area (Å²) in [5.41, 5.74) is 5.85. The van der Waals surface area contributed by atoms with Crippen LogP contribution in [0.15, 0.2) is 109 Å². The molecule has 0 saturated carbocycles. The van der Waals surface area contributed by atoms with Gasteiger partial charge < -0.3 is 19.9 Å². The van der Waals surface area contributed by atoms with E-state index in [4.69, 9.17) is 9.47 Å². The number of rotatable bonds is 17. The average Bonchev–Trinajstić information content (AvgIpc) is 3.48. The van der Waals surface area contributed by atoms with Gasteiger partial charge in [0.25, 0.3) is 0 Å². The molecule has 0 bridgehead atoms. The van der Waals surface area contributed by atoms with Crippen molar-refractivity contribution in [2.24, 2.45) is 0 Å². The number of carbonyl (C=O) groups is 3. The normalized spacial score (nSPS) is 12.5. The van der Waals surface area contributed by atoms with E-state index in [0.29, 0.717) is 45.7 Å². The zero-order chi connectivity index (χ0) is 36.0. The maximum atomic E-state index is 13.5. The first kappa shape index (κ1) is 37.1. The molecule has 0 saturated heterocycles. The van der Waals surface area contributed by atoms with Gasteiger partial charge in [0.15, 0.2) is 0 Å². The lowest BCUT2D eigenvalue weighted by atomic mass is 10.0. The molecule has 10 nitrogen and oxygen atoms in total. The maximum Gasteiger partial charge on any atom is 0.429 e. The number of unbranched alkanes of at least 4 members (excludes halogenated alkanes) is 1. The van der Waals surface area contributed by atoms with Gasteiger partial charge in [-0.2, -0.15) is 0 Å². The molecule has 2 N–H and O–H groups in total. The third-order valence-corrected chi connectivity index (χ3v) is 9.17. The van der Waals surface area contributed by atoms with Gasteiger partial charge in [0.05, 0.1) is 26.4 Å². The number of benzene rings is 4. The Bertz CT molecular complexity index is 1670. The van der Waals surface area contributed by atoms with E-state index in [2.05, 4.69) is 22.3 Å². The summed E-state index contributed by atoms with van der Waals surface area (Å²) in [7, 11) is 1.27. The van der Waals surface area contributed by atoms with E-state index in [9.17, 15) is 19.5 Å². The second-order valence-electron chi connectivity index (χ2n) is 12.8. The van der Waals surface area contributed by atoms with E-state index in [1.165, 1.54) is 12.1 Å². The quantitative estimate of drug-likeness (QED) is 0.0871. The number of hydrogen-bond donors (Lipinski definition) is 2. The number of carbonyl (C=O) groups excluding carboxylic acids is 2. The first-order chi connectivity index (χ1) is 24.9. The monoisotopic (exact) mass is 692 g/mol. The molecule has 0 aliphatic heterocycles. The van der Waals surface area contributed by atoms with Crippen LogP contribution >= 0.6 is 0 Å². The first-order valence-corrected chi connectivity index (χ1v) is 17.6. The predicted octanol–water partition coefficient (Wildman–Crippen LogP) is 7.50. The van der Waals surface area contributed by atoms with Crippen LogP contribution in [-0.4, -0.2) is 77.5 Å². The highest BCUT2D eigenvalue weighted by atomic mass is 16.6. The first-order valence-electron chi connectivity index (χ1n) is 17.6. The SMILES string of the molecule is COC(=O)N(C1c2ccccc2-c2ccccc21)N(C(=O)O)[C@H](C)CCN(CCCCNC(=O)CCOCc1ccccc1)Cc1ccccc1. The Kier molecular flexibility index (Phi) is 13.6. The predicted molar refractivity (Wildman–Crippen MR) is 197 cm³/mol. The summed E-state index contributed by atoms with van der Waals surface area (Å²) in [4.78, 5) is 41.1. The van der Waals surface area contributed by atoms with Crippen LogP contribution in [0.1, 0.15) is 60.9 Å². The Morgan fingerprint density at radius 2 is 1.37 bits per heavy atom. The van der Waals surface area contributed by atoms with Gasteiger partial charge in [0, 0.05) is 26.1 Å². The molecule has 0 heterocycles. The van der Waals surface area contributed by atoms with Crippen molar-refractivity contribution >= 4 is 18.1 Å². The molecule has 0 aromatic heterocycles. The van der Waals surface area contributed by atoms with Crippen LogP contribution in [-0.2, 0) is 27.4 Å². The van der Waals surface area contributed by atoms with Crippen LogP contribution in [0.25, 0.3) is 11.1 Å². The Morgan fingerprint density at radius 1 is 0.784 bits per heavy atom.